The van der Waals surface area contributed by atoms with Crippen molar-refractivity contribution in [1.82, 2.24) is 9.80 Å². The van der Waals surface area contributed by atoms with Gasteiger partial charge in [0.05, 0.1) is 6.54 Å². The van der Waals surface area contributed by atoms with E-state index in [9.17, 15) is 19.1 Å². The molecule has 132 valence electrons. The summed E-state index contributed by atoms with van der Waals surface area (Å²) in [4.78, 5) is 27.5. The van der Waals surface area contributed by atoms with E-state index in [2.05, 4.69) is 0 Å². The van der Waals surface area contributed by atoms with Crippen LogP contribution >= 0.6 is 0 Å². The van der Waals surface area contributed by atoms with Crippen LogP contribution in [0.1, 0.15) is 39.2 Å². The highest BCUT2D eigenvalue weighted by atomic mass is 19.1. The Hall–Kier alpha value is -1.95. The zero-order valence-corrected chi connectivity index (χ0v) is 14.5. The van der Waals surface area contributed by atoms with Crippen LogP contribution < -0.4 is 0 Å². The molecule has 0 saturated carbocycles. The van der Waals surface area contributed by atoms with Gasteiger partial charge in [0.1, 0.15) is 11.9 Å². The van der Waals surface area contributed by atoms with E-state index in [-0.39, 0.29) is 18.3 Å². The second kappa shape index (κ2) is 7.30. The van der Waals surface area contributed by atoms with Gasteiger partial charge in [-0.3, -0.25) is 14.5 Å². The predicted octanol–water partition coefficient (Wildman–Crippen LogP) is 2.50. The quantitative estimate of drug-likeness (QED) is 0.897. The summed E-state index contributed by atoms with van der Waals surface area (Å²) in [5.74, 6) is -1.35. The summed E-state index contributed by atoms with van der Waals surface area (Å²) in [6, 6.07) is 5.60. The molecule has 1 N–H and O–H groups in total. The van der Waals surface area contributed by atoms with Gasteiger partial charge in [-0.2, -0.15) is 0 Å². The first-order chi connectivity index (χ1) is 11.2. The Bertz CT molecular complexity index is 613. The van der Waals surface area contributed by atoms with Gasteiger partial charge in [0, 0.05) is 12.1 Å². The minimum atomic E-state index is -0.882. The zero-order chi connectivity index (χ0) is 17.9. The highest BCUT2D eigenvalue weighted by molar-refractivity contribution is 5.81. The van der Waals surface area contributed by atoms with E-state index in [1.54, 1.807) is 21.9 Å². The fraction of sp³-hybridized carbons (Fsp3) is 0.556. The number of nitrogens with zero attached hydrogens (tertiary/aromatic N) is 2. The summed E-state index contributed by atoms with van der Waals surface area (Å²) in [5, 5.41) is 9.25. The van der Waals surface area contributed by atoms with Gasteiger partial charge in [0.2, 0.25) is 5.91 Å². The van der Waals surface area contributed by atoms with Crippen LogP contribution in [0.25, 0.3) is 0 Å². The van der Waals surface area contributed by atoms with Gasteiger partial charge in [-0.05, 0) is 57.9 Å². The highest BCUT2D eigenvalue weighted by Gasteiger charge is 2.34. The SMILES string of the molecule is CC(C)(C)N(Cc1cccc(F)c1)C(=O)CN1CCCC1C(=O)O. The Morgan fingerprint density at radius 1 is 1.38 bits per heavy atom. The second-order valence-electron chi connectivity index (χ2n) is 7.25. The van der Waals surface area contributed by atoms with Crippen LogP contribution in [0.3, 0.4) is 0 Å². The standard InChI is InChI=1S/C18H25FN2O3/c1-18(2,3)21(11-13-6-4-7-14(19)10-13)16(22)12-20-9-5-8-15(20)17(23)24/h4,6-7,10,15H,5,8-9,11-12H2,1-3H3,(H,23,24). The predicted molar refractivity (Wildman–Crippen MR) is 88.9 cm³/mol. The number of carbonyl (C=O) groups excluding carboxylic acids is 1. The number of benzene rings is 1. The molecule has 1 heterocycles. The molecule has 1 aliphatic heterocycles. The minimum Gasteiger partial charge on any atom is -0.480 e. The molecule has 0 spiro atoms. The third-order valence-electron chi connectivity index (χ3n) is 4.33. The lowest BCUT2D eigenvalue weighted by molar-refractivity contribution is -0.144. The number of hydrogen-bond donors (Lipinski definition) is 1. The molecule has 0 aliphatic carbocycles. The van der Waals surface area contributed by atoms with Crippen LogP contribution in [-0.4, -0.2) is 51.5 Å². The third kappa shape index (κ3) is 4.54. The van der Waals surface area contributed by atoms with Crippen molar-refractivity contribution < 1.29 is 19.1 Å². The Balaban J connectivity index is 2.13. The number of hydrogen-bond acceptors (Lipinski definition) is 3. The monoisotopic (exact) mass is 336 g/mol. The molecule has 2 rings (SSSR count). The first-order valence-corrected chi connectivity index (χ1v) is 8.20. The molecule has 0 aromatic heterocycles. The Morgan fingerprint density at radius 3 is 2.67 bits per heavy atom. The molecule has 5 nitrogen and oxygen atoms in total. The van der Waals surface area contributed by atoms with Gasteiger partial charge in [-0.25, -0.2) is 4.39 Å². The third-order valence-corrected chi connectivity index (χ3v) is 4.33. The van der Waals surface area contributed by atoms with Crippen molar-refractivity contribution in [2.45, 2.75) is 51.7 Å². The van der Waals surface area contributed by atoms with E-state index in [1.165, 1.54) is 12.1 Å². The molecule has 24 heavy (non-hydrogen) atoms. The lowest BCUT2D eigenvalue weighted by atomic mass is 10.0. The molecule has 1 amide bonds. The Morgan fingerprint density at radius 2 is 2.08 bits per heavy atom. The van der Waals surface area contributed by atoms with Crippen molar-refractivity contribution in [1.29, 1.82) is 0 Å². The Labute approximate surface area is 142 Å². The smallest absolute Gasteiger partial charge is 0.320 e. The molecule has 1 aromatic rings. The minimum absolute atomic E-state index is 0.0730. The number of carboxylic acid groups (broad SMARTS) is 1. The van der Waals surface area contributed by atoms with Crippen molar-refractivity contribution in [2.24, 2.45) is 0 Å². The number of halogens is 1. The van der Waals surface area contributed by atoms with Crippen molar-refractivity contribution in [2.75, 3.05) is 13.1 Å². The molecular formula is C18H25FN2O3. The number of rotatable bonds is 5. The fourth-order valence-corrected chi connectivity index (χ4v) is 3.07. The van der Waals surface area contributed by atoms with Crippen LogP contribution in [0.4, 0.5) is 4.39 Å². The topological polar surface area (TPSA) is 60.9 Å². The van der Waals surface area contributed by atoms with E-state index in [4.69, 9.17) is 0 Å². The van der Waals surface area contributed by atoms with Gasteiger partial charge in [-0.1, -0.05) is 12.1 Å². The van der Waals surface area contributed by atoms with E-state index < -0.39 is 17.6 Å². The van der Waals surface area contributed by atoms with Crippen LogP contribution in [0.5, 0.6) is 0 Å². The highest BCUT2D eigenvalue weighted by Crippen LogP contribution is 2.21. The molecule has 1 aliphatic rings. The van der Waals surface area contributed by atoms with Crippen LogP contribution in [0, 0.1) is 5.82 Å². The summed E-state index contributed by atoms with van der Waals surface area (Å²) in [6.45, 7) is 6.74. The fourth-order valence-electron chi connectivity index (χ4n) is 3.07. The molecule has 0 bridgehead atoms. The van der Waals surface area contributed by atoms with Gasteiger partial charge >= 0.3 is 5.97 Å². The first kappa shape index (κ1) is 18.4. The molecule has 0 radical (unpaired) electrons. The van der Waals surface area contributed by atoms with Crippen molar-refractivity contribution >= 4 is 11.9 Å². The molecule has 1 saturated heterocycles. The van der Waals surface area contributed by atoms with Crippen molar-refractivity contribution in [3.63, 3.8) is 0 Å². The maximum Gasteiger partial charge on any atom is 0.320 e. The average Bonchev–Trinajstić information content (AvgIpc) is 2.91. The lowest BCUT2D eigenvalue weighted by Gasteiger charge is -2.37. The largest absolute Gasteiger partial charge is 0.480 e. The molecule has 1 aromatic carbocycles. The van der Waals surface area contributed by atoms with Crippen LogP contribution in [0.15, 0.2) is 24.3 Å². The van der Waals surface area contributed by atoms with Gasteiger partial charge in [-0.15, -0.1) is 0 Å². The molecule has 1 atom stereocenters. The van der Waals surface area contributed by atoms with Crippen molar-refractivity contribution in [3.05, 3.63) is 35.6 Å². The van der Waals surface area contributed by atoms with Gasteiger partial charge < -0.3 is 10.0 Å². The van der Waals surface area contributed by atoms with E-state index in [0.717, 1.165) is 12.0 Å². The van der Waals surface area contributed by atoms with Gasteiger partial charge in [0.15, 0.2) is 0 Å². The normalized spacial score (nSPS) is 18.6. The summed E-state index contributed by atoms with van der Waals surface area (Å²) < 4.78 is 13.4. The summed E-state index contributed by atoms with van der Waals surface area (Å²) in [6.07, 6.45) is 1.35. The second-order valence-corrected chi connectivity index (χ2v) is 7.25. The van der Waals surface area contributed by atoms with Gasteiger partial charge in [0.25, 0.3) is 0 Å². The average molecular weight is 336 g/mol. The molecular weight excluding hydrogens is 311 g/mol. The number of likely N-dealkylation sites (tertiary alicyclic amines) is 1. The van der Waals surface area contributed by atoms with E-state index in [1.807, 2.05) is 20.8 Å². The zero-order valence-electron chi connectivity index (χ0n) is 14.5. The van der Waals surface area contributed by atoms with E-state index >= 15 is 0 Å². The number of carbonyl (C=O) groups is 2. The lowest BCUT2D eigenvalue weighted by Crippen LogP contribution is -2.50. The van der Waals surface area contributed by atoms with Crippen LogP contribution in [0.2, 0.25) is 0 Å². The number of aliphatic carboxylic acids is 1. The first-order valence-electron chi connectivity index (χ1n) is 8.20. The van der Waals surface area contributed by atoms with Crippen LogP contribution in [-0.2, 0) is 16.1 Å². The summed E-state index contributed by atoms with van der Waals surface area (Å²) in [7, 11) is 0. The van der Waals surface area contributed by atoms with E-state index in [0.29, 0.717) is 19.5 Å². The summed E-state index contributed by atoms with van der Waals surface area (Å²) >= 11 is 0. The van der Waals surface area contributed by atoms with Crippen molar-refractivity contribution in [3.8, 4) is 0 Å². The molecule has 1 fully saturated rings. The number of amides is 1. The number of carboxylic acids is 1. The summed E-state index contributed by atoms with van der Waals surface area (Å²) in [5.41, 5.74) is 0.274. The maximum absolute atomic E-state index is 13.4. The Kier molecular flexibility index (Phi) is 5.59. The maximum atomic E-state index is 13.4. The molecule has 6 heteroatoms. The molecule has 1 unspecified atom stereocenters.